The summed E-state index contributed by atoms with van der Waals surface area (Å²) in [5.41, 5.74) is 2.88. The number of fused-ring (bicyclic) bond motifs is 1. The fourth-order valence-corrected chi connectivity index (χ4v) is 3.86. The van der Waals surface area contributed by atoms with Gasteiger partial charge in [0, 0.05) is 41.8 Å². The highest BCUT2D eigenvalue weighted by atomic mass is 32.2. The molecule has 1 aromatic heterocycles. The number of halogens is 1. The van der Waals surface area contributed by atoms with Gasteiger partial charge in [-0.3, -0.25) is 9.59 Å². The molecule has 0 spiro atoms. The minimum atomic E-state index is -0.495. The Labute approximate surface area is 148 Å². The summed E-state index contributed by atoms with van der Waals surface area (Å²) in [7, 11) is 0. The molecule has 1 aliphatic heterocycles. The van der Waals surface area contributed by atoms with Gasteiger partial charge in [0.25, 0.3) is 5.24 Å². The van der Waals surface area contributed by atoms with Crippen LogP contribution in [0.3, 0.4) is 0 Å². The number of hydrogen-bond donors (Lipinski definition) is 1. The lowest BCUT2D eigenvalue weighted by Crippen LogP contribution is -2.30. The van der Waals surface area contributed by atoms with Crippen LogP contribution in [0.2, 0.25) is 0 Å². The first kappa shape index (κ1) is 15.9. The lowest BCUT2D eigenvalue weighted by atomic mass is 10.1. The third kappa shape index (κ3) is 3.17. The molecule has 1 fully saturated rings. The van der Waals surface area contributed by atoms with Crippen LogP contribution in [-0.2, 0) is 17.8 Å². The zero-order valence-electron chi connectivity index (χ0n) is 13.2. The van der Waals surface area contributed by atoms with Crippen molar-refractivity contribution in [1.82, 2.24) is 9.88 Å². The maximum absolute atomic E-state index is 13.5. The quantitative estimate of drug-likeness (QED) is 0.777. The highest BCUT2D eigenvalue weighted by Gasteiger charge is 2.31. The number of amides is 1. The minimum absolute atomic E-state index is 0.146. The van der Waals surface area contributed by atoms with Crippen LogP contribution in [-0.4, -0.2) is 21.0 Å². The minimum Gasteiger partial charge on any atom is -0.343 e. The average Bonchev–Trinajstić information content (AvgIpc) is 3.08. The van der Waals surface area contributed by atoms with Crippen molar-refractivity contribution in [2.24, 2.45) is 0 Å². The molecule has 4 rings (SSSR count). The zero-order chi connectivity index (χ0) is 17.4. The maximum Gasteiger partial charge on any atom is 0.287 e. The van der Waals surface area contributed by atoms with E-state index >= 15 is 0 Å². The smallest absolute Gasteiger partial charge is 0.287 e. The van der Waals surface area contributed by atoms with E-state index in [2.05, 4.69) is 5.32 Å². The number of carbonyl (C=O) groups excluding carboxylic acids is 2. The Hall–Kier alpha value is -2.60. The molecular weight excluding hydrogens is 339 g/mol. The van der Waals surface area contributed by atoms with E-state index in [9.17, 15) is 14.0 Å². The van der Waals surface area contributed by atoms with Crippen molar-refractivity contribution in [3.8, 4) is 0 Å². The Balaban J connectivity index is 1.69. The molecule has 1 unspecified atom stereocenters. The maximum atomic E-state index is 13.5. The monoisotopic (exact) mass is 354 g/mol. The van der Waals surface area contributed by atoms with E-state index in [0.717, 1.165) is 33.8 Å². The first-order chi connectivity index (χ1) is 12.1. The average molecular weight is 354 g/mol. The molecule has 1 aliphatic rings. The molecule has 25 heavy (non-hydrogen) atoms. The van der Waals surface area contributed by atoms with Gasteiger partial charge in [-0.2, -0.15) is 0 Å². The molecule has 2 aromatic carbocycles. The molecule has 0 aliphatic carbocycles. The van der Waals surface area contributed by atoms with Crippen LogP contribution in [0.25, 0.3) is 10.9 Å². The lowest BCUT2D eigenvalue weighted by molar-refractivity contribution is -0.112. The molecule has 126 valence electrons. The second kappa shape index (κ2) is 6.37. The Bertz CT molecular complexity index is 982. The van der Waals surface area contributed by atoms with Gasteiger partial charge in [0.15, 0.2) is 0 Å². The van der Waals surface area contributed by atoms with Crippen molar-refractivity contribution in [3.63, 3.8) is 0 Å². The lowest BCUT2D eigenvalue weighted by Gasteiger charge is -2.06. The fraction of sp³-hybridized carbons (Fsp3) is 0.158. The van der Waals surface area contributed by atoms with Crippen molar-refractivity contribution in [1.29, 1.82) is 0 Å². The van der Waals surface area contributed by atoms with Gasteiger partial charge in [0.2, 0.25) is 5.12 Å². The van der Waals surface area contributed by atoms with Gasteiger partial charge in [0.1, 0.15) is 11.9 Å². The van der Waals surface area contributed by atoms with Gasteiger partial charge in [-0.05, 0) is 29.3 Å². The number of thioether (sulfide) groups is 1. The number of para-hydroxylation sites is 1. The van der Waals surface area contributed by atoms with Gasteiger partial charge < -0.3 is 9.88 Å². The van der Waals surface area contributed by atoms with Gasteiger partial charge >= 0.3 is 0 Å². The fourth-order valence-electron chi connectivity index (χ4n) is 3.20. The van der Waals surface area contributed by atoms with E-state index in [1.54, 1.807) is 6.07 Å². The molecule has 1 N–H and O–H groups in total. The summed E-state index contributed by atoms with van der Waals surface area (Å²) in [5, 5.41) is 3.30. The predicted octanol–water partition coefficient (Wildman–Crippen LogP) is 3.72. The van der Waals surface area contributed by atoms with Gasteiger partial charge in [-0.1, -0.05) is 30.3 Å². The van der Waals surface area contributed by atoms with Crippen molar-refractivity contribution < 1.29 is 14.0 Å². The highest BCUT2D eigenvalue weighted by molar-refractivity contribution is 8.26. The van der Waals surface area contributed by atoms with Crippen LogP contribution >= 0.6 is 11.8 Å². The SMILES string of the molecule is O=C1NC(Cc2cn(Cc3cccc(F)c3)c3ccccc23)C(=O)S1. The second-order valence-electron chi connectivity index (χ2n) is 6.04. The first-order valence-corrected chi connectivity index (χ1v) is 8.75. The van der Waals surface area contributed by atoms with Crippen LogP contribution < -0.4 is 5.32 Å². The van der Waals surface area contributed by atoms with Crippen molar-refractivity contribution in [3.05, 3.63) is 71.7 Å². The predicted molar refractivity (Wildman–Crippen MR) is 96.1 cm³/mol. The van der Waals surface area contributed by atoms with E-state index in [1.807, 2.05) is 41.1 Å². The molecule has 1 saturated heterocycles. The standard InChI is InChI=1S/C19H15FN2O2S/c20-14-5-3-4-12(8-14)10-22-11-13(15-6-1-2-7-17(15)22)9-16-18(23)25-19(24)21-16/h1-8,11,16H,9-10H2,(H,21,24). The van der Waals surface area contributed by atoms with Crippen molar-refractivity contribution >= 4 is 33.0 Å². The van der Waals surface area contributed by atoms with E-state index in [1.165, 1.54) is 12.1 Å². The van der Waals surface area contributed by atoms with Gasteiger partial charge in [-0.25, -0.2) is 4.39 Å². The third-order valence-electron chi connectivity index (χ3n) is 4.31. The Morgan fingerprint density at radius 3 is 2.72 bits per heavy atom. The molecule has 1 atom stereocenters. The summed E-state index contributed by atoms with van der Waals surface area (Å²) >= 11 is 0.727. The van der Waals surface area contributed by atoms with Crippen LogP contribution in [0.4, 0.5) is 9.18 Å². The van der Waals surface area contributed by atoms with E-state index in [4.69, 9.17) is 0 Å². The third-order valence-corrected chi connectivity index (χ3v) is 5.10. The molecule has 2 heterocycles. The summed E-state index contributed by atoms with van der Waals surface area (Å²) in [6.07, 6.45) is 2.44. The molecule has 3 aromatic rings. The first-order valence-electron chi connectivity index (χ1n) is 7.93. The highest BCUT2D eigenvalue weighted by Crippen LogP contribution is 2.26. The molecule has 0 radical (unpaired) electrons. The number of nitrogens with zero attached hydrogens (tertiary/aromatic N) is 1. The Morgan fingerprint density at radius 1 is 1.12 bits per heavy atom. The zero-order valence-corrected chi connectivity index (χ0v) is 14.1. The second-order valence-corrected chi connectivity index (χ2v) is 7.02. The molecule has 1 amide bonds. The van der Waals surface area contributed by atoms with Crippen LogP contribution in [0.1, 0.15) is 11.1 Å². The number of aromatic nitrogens is 1. The number of nitrogens with one attached hydrogen (secondary N) is 1. The number of hydrogen-bond acceptors (Lipinski definition) is 3. The number of benzene rings is 2. The number of rotatable bonds is 4. The van der Waals surface area contributed by atoms with E-state index < -0.39 is 6.04 Å². The van der Waals surface area contributed by atoms with Gasteiger partial charge in [0.05, 0.1) is 0 Å². The molecule has 0 saturated carbocycles. The molecule has 0 bridgehead atoms. The summed E-state index contributed by atoms with van der Waals surface area (Å²) < 4.78 is 15.5. The van der Waals surface area contributed by atoms with Crippen LogP contribution in [0.15, 0.2) is 54.7 Å². The Kier molecular flexibility index (Phi) is 4.05. The largest absolute Gasteiger partial charge is 0.343 e. The molecule has 6 heteroatoms. The summed E-state index contributed by atoms with van der Waals surface area (Å²) in [6.45, 7) is 0.540. The van der Waals surface area contributed by atoms with E-state index in [0.29, 0.717) is 13.0 Å². The summed E-state index contributed by atoms with van der Waals surface area (Å²) in [6, 6.07) is 13.9. The normalized spacial score (nSPS) is 17.2. The summed E-state index contributed by atoms with van der Waals surface area (Å²) in [4.78, 5) is 23.3. The van der Waals surface area contributed by atoms with Crippen LogP contribution in [0.5, 0.6) is 0 Å². The summed E-state index contributed by atoms with van der Waals surface area (Å²) in [5.74, 6) is -0.259. The number of carbonyl (C=O) groups is 2. The molecule has 4 nitrogen and oxygen atoms in total. The van der Waals surface area contributed by atoms with Crippen molar-refractivity contribution in [2.45, 2.75) is 19.0 Å². The topological polar surface area (TPSA) is 51.1 Å². The van der Waals surface area contributed by atoms with Crippen molar-refractivity contribution in [2.75, 3.05) is 0 Å². The molecular formula is C19H15FN2O2S. The Morgan fingerprint density at radius 2 is 1.96 bits per heavy atom. The van der Waals surface area contributed by atoms with Gasteiger partial charge in [-0.15, -0.1) is 0 Å². The van der Waals surface area contributed by atoms with Crippen LogP contribution in [0, 0.1) is 5.82 Å². The van der Waals surface area contributed by atoms with E-state index in [-0.39, 0.29) is 16.2 Å².